The average Bonchev–Trinajstić information content (AvgIpc) is 3.47. The molecule has 0 saturated carbocycles. The first-order valence-corrected chi connectivity index (χ1v) is 10.8. The summed E-state index contributed by atoms with van der Waals surface area (Å²) in [5, 5.41) is 0. The average molecular weight is 456 g/mol. The van der Waals surface area contributed by atoms with Gasteiger partial charge in [-0.05, 0) is 49.6 Å². The first-order valence-electron chi connectivity index (χ1n) is 10.8. The zero-order chi connectivity index (χ0) is 23.7. The lowest BCUT2D eigenvalue weighted by Crippen LogP contribution is -2.26. The molecule has 8 nitrogen and oxygen atoms in total. The van der Waals surface area contributed by atoms with Gasteiger partial charge in [-0.2, -0.15) is 0 Å². The van der Waals surface area contributed by atoms with Gasteiger partial charge in [-0.15, -0.1) is 0 Å². The van der Waals surface area contributed by atoms with Gasteiger partial charge in [-0.1, -0.05) is 12.0 Å². The number of benzene rings is 1. The van der Waals surface area contributed by atoms with Gasteiger partial charge in [0.2, 0.25) is 11.8 Å². The number of carbonyl (C=O) groups excluding carboxylic acids is 1. The van der Waals surface area contributed by atoms with Crippen LogP contribution in [0.2, 0.25) is 0 Å². The van der Waals surface area contributed by atoms with Crippen LogP contribution in [0.15, 0.2) is 54.9 Å². The first kappa shape index (κ1) is 21.4. The minimum Gasteiger partial charge on any atom is -0.436 e. The number of nitrogen functional groups attached to an aromatic ring is 1. The summed E-state index contributed by atoms with van der Waals surface area (Å²) in [6, 6.07) is 11.6. The maximum atomic E-state index is 14.9. The second-order valence-electron chi connectivity index (χ2n) is 7.87. The molecule has 1 saturated heterocycles. The van der Waals surface area contributed by atoms with Crippen LogP contribution in [0.4, 0.5) is 10.3 Å². The van der Waals surface area contributed by atoms with Crippen molar-refractivity contribution in [2.24, 2.45) is 0 Å². The molecule has 0 aliphatic carbocycles. The van der Waals surface area contributed by atoms with Gasteiger partial charge in [-0.3, -0.25) is 9.20 Å². The Hall–Kier alpha value is -4.45. The minimum absolute atomic E-state index is 0.00441. The Bertz CT molecular complexity index is 1440. The fraction of sp³-hybridized carbons (Fsp3) is 0.200. The van der Waals surface area contributed by atoms with Crippen molar-refractivity contribution in [1.29, 1.82) is 0 Å². The zero-order valence-corrected chi connectivity index (χ0v) is 18.4. The lowest BCUT2D eigenvalue weighted by atomic mass is 10.0. The summed E-state index contributed by atoms with van der Waals surface area (Å²) in [4.78, 5) is 27.0. The molecule has 2 N–H and O–H groups in total. The van der Waals surface area contributed by atoms with Crippen LogP contribution in [0.1, 0.15) is 25.0 Å². The highest BCUT2D eigenvalue weighted by molar-refractivity contribution is 5.93. The van der Waals surface area contributed by atoms with Crippen LogP contribution < -0.4 is 10.5 Å². The van der Waals surface area contributed by atoms with E-state index in [9.17, 15) is 9.18 Å². The van der Waals surface area contributed by atoms with E-state index in [0.717, 1.165) is 17.6 Å². The lowest BCUT2D eigenvalue weighted by molar-refractivity contribution is -0.124. The number of likely N-dealkylation sites (tertiary alicyclic amines) is 1. The normalized spacial score (nSPS) is 15.2. The lowest BCUT2D eigenvalue weighted by Gasteiger charge is -2.12. The molecule has 4 aromatic rings. The number of nitrogens with zero attached hydrogens (tertiary/aromatic N) is 5. The Morgan fingerprint density at radius 3 is 2.85 bits per heavy atom. The van der Waals surface area contributed by atoms with E-state index in [-0.39, 0.29) is 23.5 Å². The van der Waals surface area contributed by atoms with Crippen LogP contribution in [0, 0.1) is 17.7 Å². The number of carbonyl (C=O) groups is 1. The molecular formula is C25H21FN6O2. The molecule has 170 valence electrons. The molecule has 0 radical (unpaired) electrons. The summed E-state index contributed by atoms with van der Waals surface area (Å²) in [5.74, 6) is 5.55. The molecule has 34 heavy (non-hydrogen) atoms. The van der Waals surface area contributed by atoms with Crippen molar-refractivity contribution >= 4 is 17.4 Å². The number of ether oxygens (including phenoxy) is 1. The molecule has 1 aliphatic rings. The molecule has 4 heterocycles. The second-order valence-corrected chi connectivity index (χ2v) is 7.87. The van der Waals surface area contributed by atoms with E-state index in [4.69, 9.17) is 15.5 Å². The van der Waals surface area contributed by atoms with Gasteiger partial charge in [0.25, 0.3) is 5.91 Å². The van der Waals surface area contributed by atoms with Gasteiger partial charge in [-0.25, -0.2) is 19.3 Å². The first-order chi connectivity index (χ1) is 16.5. The van der Waals surface area contributed by atoms with Gasteiger partial charge in [0.1, 0.15) is 5.82 Å². The van der Waals surface area contributed by atoms with E-state index in [1.807, 2.05) is 6.07 Å². The molecule has 1 fully saturated rings. The van der Waals surface area contributed by atoms with Crippen LogP contribution in [0.5, 0.6) is 11.6 Å². The van der Waals surface area contributed by atoms with Crippen molar-refractivity contribution in [2.75, 3.05) is 18.8 Å². The Morgan fingerprint density at radius 2 is 2.09 bits per heavy atom. The quantitative estimate of drug-likeness (QED) is 0.471. The monoisotopic (exact) mass is 456 g/mol. The number of rotatable bonds is 4. The van der Waals surface area contributed by atoms with Gasteiger partial charge in [0.05, 0.1) is 11.2 Å². The van der Waals surface area contributed by atoms with E-state index in [1.165, 1.54) is 12.1 Å². The fourth-order valence-electron chi connectivity index (χ4n) is 4.17. The number of pyridine rings is 1. The summed E-state index contributed by atoms with van der Waals surface area (Å²) < 4.78 is 22.2. The van der Waals surface area contributed by atoms with E-state index in [2.05, 4.69) is 21.8 Å². The topological polar surface area (TPSA) is 98.6 Å². The molecule has 1 atom stereocenters. The molecule has 9 heteroatoms. The summed E-state index contributed by atoms with van der Waals surface area (Å²) in [6.07, 6.45) is 3.93. The number of hydrogen-bond acceptors (Lipinski definition) is 6. The molecule has 1 unspecified atom stereocenters. The number of halogens is 1. The van der Waals surface area contributed by atoms with Crippen molar-refractivity contribution in [3.8, 4) is 34.9 Å². The molecule has 3 aromatic heterocycles. The summed E-state index contributed by atoms with van der Waals surface area (Å²) in [5.41, 5.74) is 8.28. The molecule has 5 rings (SSSR count). The van der Waals surface area contributed by atoms with Crippen molar-refractivity contribution in [3.63, 3.8) is 0 Å². The van der Waals surface area contributed by atoms with Crippen LogP contribution >= 0.6 is 0 Å². The Kier molecular flexibility index (Phi) is 5.55. The smallest absolute Gasteiger partial charge is 0.298 e. The largest absolute Gasteiger partial charge is 0.436 e. The van der Waals surface area contributed by atoms with Crippen LogP contribution in [0.3, 0.4) is 0 Å². The van der Waals surface area contributed by atoms with Gasteiger partial charge < -0.3 is 15.4 Å². The van der Waals surface area contributed by atoms with Crippen molar-refractivity contribution in [1.82, 2.24) is 24.3 Å². The predicted octanol–water partition coefficient (Wildman–Crippen LogP) is 3.64. The fourth-order valence-corrected chi connectivity index (χ4v) is 4.17. The minimum atomic E-state index is -0.556. The standard InChI is InChI=1S/C25H21FN6O2/c1-2-5-22(33)31-13-10-17(15-31)23-19-9-12-29-25(27)32(19)24(30-23)16-7-8-20(18(26)14-16)34-21-6-3-4-11-28-21/h3-4,6-9,11-12,14,17H,10,13,15H2,1H3,(H2,27,29). The van der Waals surface area contributed by atoms with E-state index < -0.39 is 5.82 Å². The third-order valence-electron chi connectivity index (χ3n) is 5.75. The number of hydrogen-bond donors (Lipinski definition) is 1. The Morgan fingerprint density at radius 1 is 1.21 bits per heavy atom. The van der Waals surface area contributed by atoms with Gasteiger partial charge in [0, 0.05) is 43.0 Å². The molecule has 0 bridgehead atoms. The molecule has 1 aromatic carbocycles. The number of aromatic nitrogens is 4. The van der Waals surface area contributed by atoms with E-state index in [0.29, 0.717) is 30.4 Å². The maximum Gasteiger partial charge on any atom is 0.298 e. The number of nitrogens with two attached hydrogens (primary N) is 1. The van der Waals surface area contributed by atoms with Crippen LogP contribution in [-0.4, -0.2) is 43.2 Å². The van der Waals surface area contributed by atoms with E-state index >= 15 is 0 Å². The van der Waals surface area contributed by atoms with Crippen molar-refractivity contribution < 1.29 is 13.9 Å². The van der Waals surface area contributed by atoms with Crippen molar-refractivity contribution in [2.45, 2.75) is 19.3 Å². The summed E-state index contributed by atoms with van der Waals surface area (Å²) in [7, 11) is 0. The third kappa shape index (κ3) is 3.90. The molecule has 1 aliphatic heterocycles. The Balaban J connectivity index is 1.51. The third-order valence-corrected chi connectivity index (χ3v) is 5.75. The zero-order valence-electron chi connectivity index (χ0n) is 18.4. The summed E-state index contributed by atoms with van der Waals surface area (Å²) in [6.45, 7) is 2.75. The second kappa shape index (κ2) is 8.83. The number of amides is 1. The summed E-state index contributed by atoms with van der Waals surface area (Å²) >= 11 is 0. The molecular weight excluding hydrogens is 435 g/mol. The highest BCUT2D eigenvalue weighted by Crippen LogP contribution is 2.35. The van der Waals surface area contributed by atoms with Gasteiger partial charge >= 0.3 is 0 Å². The number of anilines is 1. The van der Waals surface area contributed by atoms with Crippen molar-refractivity contribution in [3.05, 3.63) is 66.4 Å². The highest BCUT2D eigenvalue weighted by Gasteiger charge is 2.31. The van der Waals surface area contributed by atoms with Crippen LogP contribution in [-0.2, 0) is 4.79 Å². The van der Waals surface area contributed by atoms with Gasteiger partial charge in [0.15, 0.2) is 11.6 Å². The molecule has 0 spiro atoms. The SMILES string of the molecule is CC#CC(=O)N1CCC(c2nc(-c3ccc(Oc4ccccn4)c(F)c3)n3c(N)nccc23)C1. The predicted molar refractivity (Wildman–Crippen MR) is 124 cm³/mol. The van der Waals surface area contributed by atoms with E-state index in [1.54, 1.807) is 52.9 Å². The number of fused-ring (bicyclic) bond motifs is 1. The Labute approximate surface area is 195 Å². The highest BCUT2D eigenvalue weighted by atomic mass is 19.1. The molecule has 1 amide bonds. The van der Waals surface area contributed by atoms with Crippen LogP contribution in [0.25, 0.3) is 16.9 Å². The number of imidazole rings is 1. The maximum absolute atomic E-state index is 14.9.